The summed E-state index contributed by atoms with van der Waals surface area (Å²) in [5.74, 6) is 2.31. The van der Waals surface area contributed by atoms with Crippen molar-refractivity contribution in [1.82, 2.24) is 9.80 Å². The fraction of sp³-hybridized carbons (Fsp3) is 0.600. The molecule has 2 amide bonds. The number of hydrogen-bond donors (Lipinski definition) is 0. The lowest BCUT2D eigenvalue weighted by Crippen LogP contribution is -2.42. The van der Waals surface area contributed by atoms with E-state index >= 15 is 0 Å². The number of likely N-dealkylation sites (tertiary alicyclic amines) is 2. The molecule has 2 aliphatic heterocycles. The molecule has 0 spiro atoms. The second-order valence-electron chi connectivity index (χ2n) is 7.07. The Labute approximate surface area is 155 Å². The molecule has 1 aromatic rings. The molecule has 0 bridgehead atoms. The van der Waals surface area contributed by atoms with E-state index in [0.29, 0.717) is 31.9 Å². The average Bonchev–Trinajstić information content (AvgIpc) is 3.10. The van der Waals surface area contributed by atoms with E-state index in [4.69, 9.17) is 9.47 Å². The van der Waals surface area contributed by atoms with Gasteiger partial charge < -0.3 is 19.3 Å². The second-order valence-corrected chi connectivity index (χ2v) is 7.07. The quantitative estimate of drug-likeness (QED) is 0.749. The Bertz CT molecular complexity index is 617. The van der Waals surface area contributed by atoms with Crippen molar-refractivity contribution in [2.24, 2.45) is 5.92 Å². The van der Waals surface area contributed by atoms with Gasteiger partial charge in [0.25, 0.3) is 0 Å². The van der Waals surface area contributed by atoms with Crippen molar-refractivity contribution >= 4 is 11.8 Å². The molecule has 0 radical (unpaired) electrons. The van der Waals surface area contributed by atoms with E-state index in [-0.39, 0.29) is 11.8 Å². The SMILES string of the molecule is COc1ccc(OC[C@@H]2CCCN(C(=O)CCN3CCCC3=O)C2)cc1. The largest absolute Gasteiger partial charge is 0.497 e. The van der Waals surface area contributed by atoms with Crippen molar-refractivity contribution in [3.63, 3.8) is 0 Å². The van der Waals surface area contributed by atoms with E-state index < -0.39 is 0 Å². The summed E-state index contributed by atoms with van der Waals surface area (Å²) in [4.78, 5) is 27.9. The summed E-state index contributed by atoms with van der Waals surface area (Å²) >= 11 is 0. The number of rotatable bonds is 7. The Morgan fingerprint density at radius 2 is 1.92 bits per heavy atom. The van der Waals surface area contributed by atoms with E-state index in [1.54, 1.807) is 7.11 Å². The van der Waals surface area contributed by atoms with E-state index in [2.05, 4.69) is 0 Å². The molecule has 6 nitrogen and oxygen atoms in total. The van der Waals surface area contributed by atoms with Crippen LogP contribution in [-0.2, 0) is 9.59 Å². The Balaban J connectivity index is 1.42. The van der Waals surface area contributed by atoms with Crippen LogP contribution >= 0.6 is 0 Å². The first-order chi connectivity index (χ1) is 12.7. The van der Waals surface area contributed by atoms with Crippen LogP contribution in [0.4, 0.5) is 0 Å². The monoisotopic (exact) mass is 360 g/mol. The molecule has 6 heteroatoms. The van der Waals surface area contributed by atoms with Gasteiger partial charge in [0.05, 0.1) is 13.7 Å². The molecule has 3 rings (SSSR count). The van der Waals surface area contributed by atoms with Crippen LogP contribution in [0.3, 0.4) is 0 Å². The summed E-state index contributed by atoms with van der Waals surface area (Å²) in [5.41, 5.74) is 0. The molecule has 2 saturated heterocycles. The lowest BCUT2D eigenvalue weighted by Gasteiger charge is -2.33. The maximum atomic E-state index is 12.5. The van der Waals surface area contributed by atoms with Gasteiger partial charge >= 0.3 is 0 Å². The van der Waals surface area contributed by atoms with Crippen LogP contribution in [0.15, 0.2) is 24.3 Å². The number of carbonyl (C=O) groups excluding carboxylic acids is 2. The molecule has 0 aliphatic carbocycles. The van der Waals surface area contributed by atoms with Crippen LogP contribution in [0.5, 0.6) is 11.5 Å². The fourth-order valence-corrected chi connectivity index (χ4v) is 3.64. The van der Waals surface area contributed by atoms with Crippen molar-refractivity contribution < 1.29 is 19.1 Å². The van der Waals surface area contributed by atoms with Gasteiger partial charge in [0.15, 0.2) is 0 Å². The van der Waals surface area contributed by atoms with Gasteiger partial charge in [0, 0.05) is 44.9 Å². The van der Waals surface area contributed by atoms with E-state index in [1.165, 1.54) is 0 Å². The van der Waals surface area contributed by atoms with Crippen LogP contribution in [-0.4, -0.2) is 61.5 Å². The number of benzene rings is 1. The van der Waals surface area contributed by atoms with Crippen molar-refractivity contribution in [3.8, 4) is 11.5 Å². The summed E-state index contributed by atoms with van der Waals surface area (Å²) in [7, 11) is 1.64. The summed E-state index contributed by atoms with van der Waals surface area (Å²) in [6, 6.07) is 7.56. The highest BCUT2D eigenvalue weighted by Gasteiger charge is 2.26. The number of amides is 2. The fourth-order valence-electron chi connectivity index (χ4n) is 3.64. The molecule has 1 aromatic carbocycles. The molecule has 2 aliphatic rings. The first-order valence-electron chi connectivity index (χ1n) is 9.48. The maximum Gasteiger partial charge on any atom is 0.224 e. The van der Waals surface area contributed by atoms with E-state index in [0.717, 1.165) is 50.4 Å². The normalized spacial score (nSPS) is 20.3. The van der Waals surface area contributed by atoms with Crippen molar-refractivity contribution in [1.29, 1.82) is 0 Å². The molecule has 1 atom stereocenters. The average molecular weight is 360 g/mol. The van der Waals surface area contributed by atoms with Gasteiger partial charge in [0.2, 0.25) is 11.8 Å². The highest BCUT2D eigenvalue weighted by molar-refractivity contribution is 5.80. The predicted octanol–water partition coefficient (Wildman–Crippen LogP) is 2.33. The Hall–Kier alpha value is -2.24. The number of methoxy groups -OCH3 is 1. The molecule has 0 unspecified atom stereocenters. The van der Waals surface area contributed by atoms with Gasteiger partial charge in [-0.25, -0.2) is 0 Å². The third-order valence-corrected chi connectivity index (χ3v) is 5.18. The second kappa shape index (κ2) is 8.92. The molecule has 0 saturated carbocycles. The zero-order chi connectivity index (χ0) is 18.4. The lowest BCUT2D eigenvalue weighted by atomic mass is 9.98. The van der Waals surface area contributed by atoms with Crippen LogP contribution < -0.4 is 9.47 Å². The number of piperidine rings is 1. The predicted molar refractivity (Wildman–Crippen MR) is 98.2 cm³/mol. The summed E-state index contributed by atoms with van der Waals surface area (Å²) < 4.78 is 11.0. The number of nitrogens with zero attached hydrogens (tertiary/aromatic N) is 2. The van der Waals surface area contributed by atoms with Crippen LogP contribution in [0, 0.1) is 5.92 Å². The van der Waals surface area contributed by atoms with Crippen molar-refractivity contribution in [3.05, 3.63) is 24.3 Å². The number of carbonyl (C=O) groups is 2. The van der Waals surface area contributed by atoms with E-state index in [9.17, 15) is 9.59 Å². The van der Waals surface area contributed by atoms with Crippen molar-refractivity contribution in [2.45, 2.75) is 32.1 Å². The minimum absolute atomic E-state index is 0.152. The number of ether oxygens (including phenoxy) is 2. The zero-order valence-electron chi connectivity index (χ0n) is 15.5. The third-order valence-electron chi connectivity index (χ3n) is 5.18. The summed E-state index contributed by atoms with van der Waals surface area (Å²) in [6.07, 6.45) is 4.05. The molecule has 2 fully saturated rings. The first kappa shape index (κ1) is 18.5. The molecule has 0 N–H and O–H groups in total. The zero-order valence-corrected chi connectivity index (χ0v) is 15.5. The van der Waals surface area contributed by atoms with Crippen LogP contribution in [0.1, 0.15) is 32.1 Å². The third kappa shape index (κ3) is 4.90. The lowest BCUT2D eigenvalue weighted by molar-refractivity contribution is -0.134. The molecule has 26 heavy (non-hydrogen) atoms. The topological polar surface area (TPSA) is 59.1 Å². The Kier molecular flexibility index (Phi) is 6.36. The van der Waals surface area contributed by atoms with Crippen LogP contribution in [0.2, 0.25) is 0 Å². The molecule has 0 aromatic heterocycles. The molecular weight excluding hydrogens is 332 g/mol. The summed E-state index contributed by atoms with van der Waals surface area (Å²) in [5, 5.41) is 0. The standard InChI is InChI=1S/C20H28N2O4/c1-25-17-6-8-18(9-7-17)26-15-16-4-2-12-22(14-16)20(24)10-13-21-11-3-5-19(21)23/h6-9,16H,2-5,10-15H2,1H3/t16-/m1/s1. The smallest absolute Gasteiger partial charge is 0.224 e. The summed E-state index contributed by atoms with van der Waals surface area (Å²) in [6.45, 7) is 3.51. The van der Waals surface area contributed by atoms with Gasteiger partial charge in [-0.2, -0.15) is 0 Å². The van der Waals surface area contributed by atoms with Crippen molar-refractivity contribution in [2.75, 3.05) is 39.9 Å². The molecule has 2 heterocycles. The minimum atomic E-state index is 0.152. The van der Waals surface area contributed by atoms with Gasteiger partial charge in [-0.15, -0.1) is 0 Å². The Morgan fingerprint density at radius 3 is 2.62 bits per heavy atom. The molecular formula is C20H28N2O4. The van der Waals surface area contributed by atoms with Gasteiger partial charge in [-0.05, 0) is 43.5 Å². The highest BCUT2D eigenvalue weighted by Crippen LogP contribution is 2.21. The molecule has 142 valence electrons. The highest BCUT2D eigenvalue weighted by atomic mass is 16.5. The first-order valence-corrected chi connectivity index (χ1v) is 9.48. The maximum absolute atomic E-state index is 12.5. The van der Waals surface area contributed by atoms with Gasteiger partial charge in [-0.1, -0.05) is 0 Å². The van der Waals surface area contributed by atoms with Gasteiger partial charge in [0.1, 0.15) is 11.5 Å². The van der Waals surface area contributed by atoms with Gasteiger partial charge in [-0.3, -0.25) is 9.59 Å². The van der Waals surface area contributed by atoms with E-state index in [1.807, 2.05) is 34.1 Å². The Morgan fingerprint density at radius 1 is 1.15 bits per heavy atom. The number of hydrogen-bond acceptors (Lipinski definition) is 4. The van der Waals surface area contributed by atoms with Crippen LogP contribution in [0.25, 0.3) is 0 Å². The minimum Gasteiger partial charge on any atom is -0.497 e.